The number of aromatic nitrogens is 2. The summed E-state index contributed by atoms with van der Waals surface area (Å²) in [7, 11) is 1.90. The van der Waals surface area contributed by atoms with E-state index in [0.29, 0.717) is 16.6 Å². The molecule has 0 bridgehead atoms. The third kappa shape index (κ3) is 2.73. The van der Waals surface area contributed by atoms with Crippen LogP contribution in [0.1, 0.15) is 11.3 Å². The van der Waals surface area contributed by atoms with Crippen molar-refractivity contribution >= 4 is 28.9 Å². The predicted octanol–water partition coefficient (Wildman–Crippen LogP) is 3.65. The molecular formula is C12H13Cl2N3. The molecule has 1 aromatic heterocycles. The zero-order valence-corrected chi connectivity index (χ0v) is 11.2. The Hall–Kier alpha value is -1.19. The first-order valence-electron chi connectivity index (χ1n) is 5.24. The van der Waals surface area contributed by atoms with Crippen LogP contribution >= 0.6 is 23.2 Å². The fourth-order valence-electron chi connectivity index (χ4n) is 1.54. The lowest BCUT2D eigenvalue weighted by Gasteiger charge is -2.10. The molecule has 0 aliphatic carbocycles. The lowest BCUT2D eigenvalue weighted by molar-refractivity contribution is 0.720. The maximum atomic E-state index is 6.14. The molecule has 0 saturated carbocycles. The van der Waals surface area contributed by atoms with E-state index in [2.05, 4.69) is 10.4 Å². The van der Waals surface area contributed by atoms with Gasteiger partial charge in [0.2, 0.25) is 0 Å². The summed E-state index contributed by atoms with van der Waals surface area (Å²) in [4.78, 5) is 0. The Morgan fingerprint density at radius 1 is 1.29 bits per heavy atom. The van der Waals surface area contributed by atoms with E-state index in [1.165, 1.54) is 0 Å². The monoisotopic (exact) mass is 269 g/mol. The lowest BCUT2D eigenvalue weighted by atomic mass is 10.2. The van der Waals surface area contributed by atoms with Crippen molar-refractivity contribution in [2.45, 2.75) is 13.5 Å². The molecule has 2 aromatic rings. The van der Waals surface area contributed by atoms with Gasteiger partial charge in [-0.15, -0.1) is 0 Å². The smallest absolute Gasteiger partial charge is 0.0641 e. The molecule has 2 rings (SSSR count). The average Bonchev–Trinajstić information content (AvgIpc) is 2.68. The zero-order chi connectivity index (χ0) is 12.4. The summed E-state index contributed by atoms with van der Waals surface area (Å²) < 4.78 is 1.82. The summed E-state index contributed by atoms with van der Waals surface area (Å²) in [6, 6.07) is 5.65. The van der Waals surface area contributed by atoms with Crippen molar-refractivity contribution in [3.8, 4) is 0 Å². The number of rotatable bonds is 3. The van der Waals surface area contributed by atoms with E-state index in [9.17, 15) is 0 Å². The summed E-state index contributed by atoms with van der Waals surface area (Å²) in [5.74, 6) is 0. The van der Waals surface area contributed by atoms with Crippen LogP contribution in [0.4, 0.5) is 5.69 Å². The second-order valence-electron chi connectivity index (χ2n) is 3.88. The van der Waals surface area contributed by atoms with E-state index in [4.69, 9.17) is 23.2 Å². The molecule has 3 nitrogen and oxygen atoms in total. The normalized spacial score (nSPS) is 10.6. The molecule has 1 N–H and O–H groups in total. The van der Waals surface area contributed by atoms with Crippen molar-refractivity contribution in [1.82, 2.24) is 9.78 Å². The van der Waals surface area contributed by atoms with Crippen LogP contribution in [0.2, 0.25) is 10.0 Å². The van der Waals surface area contributed by atoms with E-state index in [1.54, 1.807) is 6.20 Å². The Labute approximate surface area is 110 Å². The topological polar surface area (TPSA) is 29.9 Å². The maximum Gasteiger partial charge on any atom is 0.0641 e. The largest absolute Gasteiger partial charge is 0.378 e. The molecule has 5 heteroatoms. The molecular weight excluding hydrogens is 257 g/mol. The Morgan fingerprint density at radius 3 is 2.71 bits per heavy atom. The van der Waals surface area contributed by atoms with Crippen LogP contribution in [0.15, 0.2) is 24.4 Å². The summed E-state index contributed by atoms with van der Waals surface area (Å²) in [6.45, 7) is 2.59. The highest BCUT2D eigenvalue weighted by molar-refractivity contribution is 6.35. The Balaban J connectivity index is 2.14. The first kappa shape index (κ1) is 12.3. The van der Waals surface area contributed by atoms with Crippen molar-refractivity contribution in [2.24, 2.45) is 7.05 Å². The zero-order valence-electron chi connectivity index (χ0n) is 9.67. The van der Waals surface area contributed by atoms with Gasteiger partial charge in [-0.2, -0.15) is 5.10 Å². The molecule has 0 saturated heterocycles. The van der Waals surface area contributed by atoms with Gasteiger partial charge in [-0.3, -0.25) is 4.68 Å². The number of halogens is 2. The summed E-state index contributed by atoms with van der Waals surface area (Å²) >= 11 is 12.2. The highest BCUT2D eigenvalue weighted by atomic mass is 35.5. The van der Waals surface area contributed by atoms with Crippen LogP contribution in [0, 0.1) is 6.92 Å². The first-order chi connectivity index (χ1) is 8.08. The SMILES string of the molecule is Cc1cc(Cl)c(NCc2ccnn2C)cc1Cl. The second-order valence-corrected chi connectivity index (χ2v) is 4.70. The first-order valence-corrected chi connectivity index (χ1v) is 6.00. The number of nitrogens with zero attached hydrogens (tertiary/aromatic N) is 2. The van der Waals surface area contributed by atoms with Crippen LogP contribution < -0.4 is 5.32 Å². The van der Waals surface area contributed by atoms with E-state index in [-0.39, 0.29) is 0 Å². The van der Waals surface area contributed by atoms with Gasteiger partial charge in [0.15, 0.2) is 0 Å². The molecule has 0 atom stereocenters. The third-order valence-corrected chi connectivity index (χ3v) is 3.35. The molecule has 90 valence electrons. The van der Waals surface area contributed by atoms with Gasteiger partial charge in [0.05, 0.1) is 22.9 Å². The lowest BCUT2D eigenvalue weighted by Crippen LogP contribution is -2.05. The van der Waals surface area contributed by atoms with Gasteiger partial charge in [-0.1, -0.05) is 23.2 Å². The van der Waals surface area contributed by atoms with Crippen molar-refractivity contribution in [2.75, 3.05) is 5.32 Å². The van der Waals surface area contributed by atoms with Crippen LogP contribution in [0.3, 0.4) is 0 Å². The molecule has 0 unspecified atom stereocenters. The molecule has 1 heterocycles. The standard InChI is InChI=1S/C12H13Cl2N3/c1-8-5-11(14)12(6-10(8)13)15-7-9-3-4-16-17(9)2/h3-6,15H,7H2,1-2H3. The fraction of sp³-hybridized carbons (Fsp3) is 0.250. The number of hydrogen-bond donors (Lipinski definition) is 1. The quantitative estimate of drug-likeness (QED) is 0.922. The van der Waals surface area contributed by atoms with Gasteiger partial charge in [0.25, 0.3) is 0 Å². The van der Waals surface area contributed by atoms with Gasteiger partial charge < -0.3 is 5.32 Å². The van der Waals surface area contributed by atoms with Gasteiger partial charge in [-0.05, 0) is 30.7 Å². The third-order valence-electron chi connectivity index (χ3n) is 2.63. The summed E-state index contributed by atoms with van der Waals surface area (Å²) in [5.41, 5.74) is 2.89. The highest BCUT2D eigenvalue weighted by Crippen LogP contribution is 2.29. The summed E-state index contributed by atoms with van der Waals surface area (Å²) in [5, 5.41) is 8.73. The van der Waals surface area contributed by atoms with E-state index in [1.807, 2.05) is 36.9 Å². The Morgan fingerprint density at radius 2 is 2.06 bits per heavy atom. The van der Waals surface area contributed by atoms with Crippen LogP contribution in [-0.2, 0) is 13.6 Å². The predicted molar refractivity (Wildman–Crippen MR) is 71.7 cm³/mol. The molecule has 0 fully saturated rings. The van der Waals surface area contributed by atoms with Gasteiger partial charge in [-0.25, -0.2) is 0 Å². The molecule has 1 aromatic carbocycles. The average molecular weight is 270 g/mol. The van der Waals surface area contributed by atoms with Crippen LogP contribution in [0.25, 0.3) is 0 Å². The Kier molecular flexibility index (Phi) is 3.60. The number of benzene rings is 1. The number of anilines is 1. The number of aryl methyl sites for hydroxylation is 2. The van der Waals surface area contributed by atoms with Crippen molar-refractivity contribution in [3.63, 3.8) is 0 Å². The molecule has 0 aliphatic heterocycles. The van der Waals surface area contributed by atoms with Crippen LogP contribution in [0.5, 0.6) is 0 Å². The van der Waals surface area contributed by atoms with E-state index < -0.39 is 0 Å². The second kappa shape index (κ2) is 4.98. The van der Waals surface area contributed by atoms with E-state index >= 15 is 0 Å². The minimum atomic E-state index is 0.662. The molecule has 0 amide bonds. The highest BCUT2D eigenvalue weighted by Gasteiger charge is 2.05. The van der Waals surface area contributed by atoms with Gasteiger partial charge >= 0.3 is 0 Å². The van der Waals surface area contributed by atoms with Crippen LogP contribution in [-0.4, -0.2) is 9.78 Å². The Bertz CT molecular complexity index is 535. The number of nitrogens with one attached hydrogen (secondary N) is 1. The van der Waals surface area contributed by atoms with Gasteiger partial charge in [0.1, 0.15) is 0 Å². The minimum Gasteiger partial charge on any atom is -0.378 e. The molecule has 0 radical (unpaired) electrons. The van der Waals surface area contributed by atoms with Crippen molar-refractivity contribution in [3.05, 3.63) is 45.7 Å². The molecule has 0 spiro atoms. The molecule has 17 heavy (non-hydrogen) atoms. The maximum absolute atomic E-state index is 6.14. The minimum absolute atomic E-state index is 0.662. The summed E-state index contributed by atoms with van der Waals surface area (Å²) in [6.07, 6.45) is 1.76. The van der Waals surface area contributed by atoms with E-state index in [0.717, 1.165) is 16.9 Å². The van der Waals surface area contributed by atoms with Crippen molar-refractivity contribution < 1.29 is 0 Å². The fourth-order valence-corrected chi connectivity index (χ4v) is 1.99. The molecule has 0 aliphatic rings. The van der Waals surface area contributed by atoms with Crippen molar-refractivity contribution in [1.29, 1.82) is 0 Å². The number of hydrogen-bond acceptors (Lipinski definition) is 2. The van der Waals surface area contributed by atoms with Gasteiger partial charge in [0, 0.05) is 18.3 Å².